The summed E-state index contributed by atoms with van der Waals surface area (Å²) in [4.78, 5) is 0. The van der Waals surface area contributed by atoms with Crippen LogP contribution >= 0.6 is 0 Å². The molecule has 2 heteroatoms. The molecule has 0 saturated heterocycles. The first-order valence-corrected chi connectivity index (χ1v) is 7.08. The Labute approximate surface area is 114 Å². The van der Waals surface area contributed by atoms with Gasteiger partial charge >= 0.3 is 0 Å². The summed E-state index contributed by atoms with van der Waals surface area (Å²) in [5.41, 5.74) is 2.77. The van der Waals surface area contributed by atoms with Crippen molar-refractivity contribution in [3.05, 3.63) is 36.0 Å². The summed E-state index contributed by atoms with van der Waals surface area (Å²) in [6, 6.07) is 9.54. The molecular formula is C17H20N2. The average molecular weight is 252 g/mol. The second-order valence-electron chi connectivity index (χ2n) is 5.20. The highest BCUT2D eigenvalue weighted by atomic mass is 15.0. The summed E-state index contributed by atoms with van der Waals surface area (Å²) in [5, 5.41) is 4.94. The highest BCUT2D eigenvalue weighted by Crippen LogP contribution is 2.23. The van der Waals surface area contributed by atoms with Crippen molar-refractivity contribution in [3.63, 3.8) is 0 Å². The molecule has 2 nitrogen and oxygen atoms in total. The Morgan fingerprint density at radius 3 is 3.00 bits per heavy atom. The monoisotopic (exact) mass is 252 g/mol. The van der Waals surface area contributed by atoms with Crippen LogP contribution in [0, 0.1) is 11.8 Å². The minimum absolute atomic E-state index is 0.754. The Bertz CT molecular complexity index is 623. The van der Waals surface area contributed by atoms with Gasteiger partial charge in [-0.25, -0.2) is 0 Å². The van der Waals surface area contributed by atoms with Crippen molar-refractivity contribution >= 4 is 10.9 Å². The van der Waals surface area contributed by atoms with Crippen LogP contribution in [0.25, 0.3) is 10.9 Å². The van der Waals surface area contributed by atoms with Crippen LogP contribution in [0.5, 0.6) is 0 Å². The molecule has 0 radical (unpaired) electrons. The molecule has 1 aromatic heterocycles. The number of benzene rings is 1. The SMILES string of the molecule is CC#CCCn1ccc2cccc(CNC3CC3)c21. The van der Waals surface area contributed by atoms with E-state index in [0.29, 0.717) is 0 Å². The zero-order valence-electron chi connectivity index (χ0n) is 11.4. The standard InChI is InChI=1S/C17H20N2/c1-2-3-4-11-19-12-10-14-6-5-7-15(17(14)19)13-18-16-8-9-16/h5-7,10,12,16,18H,4,8-9,11,13H2,1H3. The van der Waals surface area contributed by atoms with Crippen LogP contribution < -0.4 is 5.32 Å². The summed E-state index contributed by atoms with van der Waals surface area (Å²) >= 11 is 0. The maximum Gasteiger partial charge on any atom is 0.0526 e. The van der Waals surface area contributed by atoms with Gasteiger partial charge < -0.3 is 9.88 Å². The zero-order chi connectivity index (χ0) is 13.1. The van der Waals surface area contributed by atoms with Crippen molar-refractivity contribution in [1.82, 2.24) is 9.88 Å². The first-order chi connectivity index (χ1) is 9.38. The van der Waals surface area contributed by atoms with E-state index >= 15 is 0 Å². The molecular weight excluding hydrogens is 232 g/mol. The lowest BCUT2D eigenvalue weighted by atomic mass is 10.1. The van der Waals surface area contributed by atoms with Gasteiger partial charge in [0.2, 0.25) is 0 Å². The van der Waals surface area contributed by atoms with Gasteiger partial charge in [-0.1, -0.05) is 18.2 Å². The Morgan fingerprint density at radius 2 is 2.21 bits per heavy atom. The Hall–Kier alpha value is -1.72. The van der Waals surface area contributed by atoms with Crippen LogP contribution in [-0.4, -0.2) is 10.6 Å². The minimum Gasteiger partial charge on any atom is -0.346 e. The highest BCUT2D eigenvalue weighted by Gasteiger charge is 2.20. The van der Waals surface area contributed by atoms with E-state index in [4.69, 9.17) is 0 Å². The molecule has 1 aliphatic rings. The van der Waals surface area contributed by atoms with E-state index in [1.54, 1.807) is 0 Å². The molecule has 0 bridgehead atoms. The largest absolute Gasteiger partial charge is 0.346 e. The average Bonchev–Trinajstić information content (AvgIpc) is 3.17. The molecule has 2 aromatic rings. The Kier molecular flexibility index (Phi) is 3.57. The molecule has 98 valence electrons. The summed E-state index contributed by atoms with van der Waals surface area (Å²) in [6.07, 6.45) is 5.78. The normalized spacial score (nSPS) is 14.4. The number of fused-ring (bicyclic) bond motifs is 1. The van der Waals surface area contributed by atoms with E-state index in [0.717, 1.165) is 25.6 Å². The second kappa shape index (κ2) is 5.50. The predicted molar refractivity (Wildman–Crippen MR) is 79.9 cm³/mol. The molecule has 3 rings (SSSR count). The number of aryl methyl sites for hydroxylation is 1. The Balaban J connectivity index is 1.85. The van der Waals surface area contributed by atoms with Crippen LogP contribution in [0.1, 0.15) is 31.7 Å². The molecule has 0 spiro atoms. The zero-order valence-corrected chi connectivity index (χ0v) is 11.4. The maximum atomic E-state index is 3.61. The topological polar surface area (TPSA) is 17.0 Å². The number of hydrogen-bond donors (Lipinski definition) is 1. The molecule has 0 unspecified atom stereocenters. The quantitative estimate of drug-likeness (QED) is 0.808. The van der Waals surface area contributed by atoms with Crippen LogP contribution in [0.2, 0.25) is 0 Å². The van der Waals surface area contributed by atoms with E-state index in [2.05, 4.69) is 52.2 Å². The molecule has 1 saturated carbocycles. The first kappa shape index (κ1) is 12.3. The van der Waals surface area contributed by atoms with Gasteiger partial charge in [0.15, 0.2) is 0 Å². The van der Waals surface area contributed by atoms with Crippen molar-refractivity contribution in [2.75, 3.05) is 0 Å². The van der Waals surface area contributed by atoms with Gasteiger partial charge in [0.25, 0.3) is 0 Å². The van der Waals surface area contributed by atoms with Gasteiger partial charge in [0, 0.05) is 31.7 Å². The van der Waals surface area contributed by atoms with Gasteiger partial charge in [0.1, 0.15) is 0 Å². The Morgan fingerprint density at radius 1 is 1.32 bits per heavy atom. The molecule has 1 fully saturated rings. The molecule has 1 N–H and O–H groups in total. The van der Waals surface area contributed by atoms with E-state index in [-0.39, 0.29) is 0 Å². The van der Waals surface area contributed by atoms with Gasteiger partial charge in [0.05, 0.1) is 5.52 Å². The molecule has 0 atom stereocenters. The fourth-order valence-electron chi connectivity index (χ4n) is 2.51. The number of hydrogen-bond acceptors (Lipinski definition) is 1. The van der Waals surface area contributed by atoms with Crippen molar-refractivity contribution in [3.8, 4) is 11.8 Å². The smallest absolute Gasteiger partial charge is 0.0526 e. The van der Waals surface area contributed by atoms with E-state index in [1.807, 2.05) is 6.92 Å². The highest BCUT2D eigenvalue weighted by molar-refractivity contribution is 5.83. The lowest BCUT2D eigenvalue weighted by Gasteiger charge is -2.09. The number of para-hydroxylation sites is 1. The molecule has 0 aliphatic heterocycles. The lowest BCUT2D eigenvalue weighted by molar-refractivity contribution is 0.683. The fraction of sp³-hybridized carbons (Fsp3) is 0.412. The van der Waals surface area contributed by atoms with Gasteiger partial charge in [-0.2, -0.15) is 0 Å². The van der Waals surface area contributed by atoms with Crippen molar-refractivity contribution in [1.29, 1.82) is 0 Å². The molecule has 1 aliphatic carbocycles. The van der Waals surface area contributed by atoms with Crippen LogP contribution in [-0.2, 0) is 13.1 Å². The summed E-state index contributed by atoms with van der Waals surface area (Å²) in [6.45, 7) is 3.86. The summed E-state index contributed by atoms with van der Waals surface area (Å²) in [7, 11) is 0. The van der Waals surface area contributed by atoms with Crippen molar-refractivity contribution < 1.29 is 0 Å². The van der Waals surface area contributed by atoms with Crippen molar-refractivity contribution in [2.45, 2.75) is 45.3 Å². The molecule has 1 aromatic carbocycles. The number of aromatic nitrogens is 1. The molecule has 19 heavy (non-hydrogen) atoms. The van der Waals surface area contributed by atoms with Gasteiger partial charge in [-0.15, -0.1) is 11.8 Å². The third-order valence-electron chi connectivity index (χ3n) is 3.69. The summed E-state index contributed by atoms with van der Waals surface area (Å²) in [5.74, 6) is 6.11. The van der Waals surface area contributed by atoms with Gasteiger partial charge in [-0.3, -0.25) is 0 Å². The van der Waals surface area contributed by atoms with Crippen molar-refractivity contribution in [2.24, 2.45) is 0 Å². The van der Waals surface area contributed by atoms with E-state index < -0.39 is 0 Å². The van der Waals surface area contributed by atoms with Crippen LogP contribution in [0.15, 0.2) is 30.5 Å². The minimum atomic E-state index is 0.754. The number of nitrogens with zero attached hydrogens (tertiary/aromatic N) is 1. The third kappa shape index (κ3) is 2.83. The van der Waals surface area contributed by atoms with Gasteiger partial charge in [-0.05, 0) is 36.8 Å². The van der Waals surface area contributed by atoms with E-state index in [1.165, 1.54) is 29.3 Å². The third-order valence-corrected chi connectivity index (χ3v) is 3.69. The first-order valence-electron chi connectivity index (χ1n) is 7.08. The second-order valence-corrected chi connectivity index (χ2v) is 5.20. The predicted octanol–water partition coefficient (Wildman–Crippen LogP) is 3.31. The number of nitrogens with one attached hydrogen (secondary N) is 1. The van der Waals surface area contributed by atoms with E-state index in [9.17, 15) is 0 Å². The maximum absolute atomic E-state index is 3.61. The fourth-order valence-corrected chi connectivity index (χ4v) is 2.51. The lowest BCUT2D eigenvalue weighted by Crippen LogP contribution is -2.16. The molecule has 1 heterocycles. The van der Waals surface area contributed by atoms with Crippen LogP contribution in [0.3, 0.4) is 0 Å². The molecule has 0 amide bonds. The summed E-state index contributed by atoms with van der Waals surface area (Å²) < 4.78 is 2.34. The van der Waals surface area contributed by atoms with Crippen LogP contribution in [0.4, 0.5) is 0 Å². The number of rotatable bonds is 5.